The van der Waals surface area contributed by atoms with Crippen LogP contribution in [-0.2, 0) is 4.74 Å². The molecule has 1 rings (SSSR count). The first-order valence-electron chi connectivity index (χ1n) is 8.70. The van der Waals surface area contributed by atoms with Gasteiger partial charge in [-0.05, 0) is 31.0 Å². The van der Waals surface area contributed by atoms with Crippen LogP contribution in [0.2, 0.25) is 0 Å². The van der Waals surface area contributed by atoms with Crippen molar-refractivity contribution in [3.63, 3.8) is 0 Å². The van der Waals surface area contributed by atoms with E-state index in [1.165, 1.54) is 32.1 Å². The van der Waals surface area contributed by atoms with E-state index in [0.717, 1.165) is 12.8 Å². The molecule has 1 aromatic rings. The average molecular weight is 322 g/mol. The lowest BCUT2D eigenvalue weighted by Gasteiger charge is -2.12. The molecule has 4 nitrogen and oxygen atoms in total. The van der Waals surface area contributed by atoms with Gasteiger partial charge in [0.25, 0.3) is 0 Å². The summed E-state index contributed by atoms with van der Waals surface area (Å²) in [6, 6.07) is 5.17. The first-order valence-corrected chi connectivity index (χ1v) is 8.70. The van der Waals surface area contributed by atoms with Gasteiger partial charge in [0.1, 0.15) is 0 Å². The van der Waals surface area contributed by atoms with Crippen LogP contribution in [0.25, 0.3) is 0 Å². The number of carbonyl (C=O) groups excluding carboxylic acids is 1. The topological polar surface area (TPSA) is 44.8 Å². The van der Waals surface area contributed by atoms with Crippen LogP contribution >= 0.6 is 0 Å². The Hall–Kier alpha value is -1.71. The molecule has 130 valence electrons. The number of esters is 1. The third-order valence-electron chi connectivity index (χ3n) is 3.59. The standard InChI is InChI=1S/C19H30O4/c1-4-6-7-8-9-10-14-22-17-12-11-16(15-18(17)21-3)19(20)23-13-5-2/h11-12,15H,4-10,13-14H2,1-3H3. The Balaban J connectivity index is 2.45. The smallest absolute Gasteiger partial charge is 0.338 e. The van der Waals surface area contributed by atoms with Gasteiger partial charge in [-0.15, -0.1) is 0 Å². The number of unbranched alkanes of at least 4 members (excludes halogenated alkanes) is 5. The highest BCUT2D eigenvalue weighted by Gasteiger charge is 2.12. The van der Waals surface area contributed by atoms with Gasteiger partial charge in [0.15, 0.2) is 11.5 Å². The minimum absolute atomic E-state index is 0.326. The lowest BCUT2D eigenvalue weighted by Crippen LogP contribution is -2.07. The summed E-state index contributed by atoms with van der Waals surface area (Å²) in [5.41, 5.74) is 0.488. The van der Waals surface area contributed by atoms with Crippen molar-refractivity contribution in [1.82, 2.24) is 0 Å². The maximum absolute atomic E-state index is 11.8. The molecule has 0 radical (unpaired) electrons. The average Bonchev–Trinajstić information content (AvgIpc) is 2.58. The van der Waals surface area contributed by atoms with E-state index in [2.05, 4.69) is 6.92 Å². The maximum Gasteiger partial charge on any atom is 0.338 e. The Morgan fingerprint density at radius 1 is 0.913 bits per heavy atom. The van der Waals surface area contributed by atoms with Gasteiger partial charge < -0.3 is 14.2 Å². The molecule has 0 amide bonds. The summed E-state index contributed by atoms with van der Waals surface area (Å²) in [4.78, 5) is 11.8. The molecule has 1 aromatic carbocycles. The van der Waals surface area contributed by atoms with Crippen molar-refractivity contribution < 1.29 is 19.0 Å². The number of methoxy groups -OCH3 is 1. The normalized spacial score (nSPS) is 10.4. The third-order valence-corrected chi connectivity index (χ3v) is 3.59. The van der Waals surface area contributed by atoms with Crippen molar-refractivity contribution in [1.29, 1.82) is 0 Å². The lowest BCUT2D eigenvalue weighted by atomic mass is 10.1. The highest BCUT2D eigenvalue weighted by Crippen LogP contribution is 2.28. The molecule has 0 heterocycles. The molecule has 0 aromatic heterocycles. The minimum atomic E-state index is -0.326. The molecule has 0 N–H and O–H groups in total. The Kier molecular flexibility index (Phi) is 9.92. The molecule has 4 heteroatoms. The molecular weight excluding hydrogens is 292 g/mol. The van der Waals surface area contributed by atoms with Gasteiger partial charge in [-0.3, -0.25) is 0 Å². The fraction of sp³-hybridized carbons (Fsp3) is 0.632. The van der Waals surface area contributed by atoms with Crippen LogP contribution in [0, 0.1) is 0 Å². The number of benzene rings is 1. The van der Waals surface area contributed by atoms with Gasteiger partial charge in [-0.2, -0.15) is 0 Å². The predicted molar refractivity (Wildman–Crippen MR) is 92.4 cm³/mol. The van der Waals surface area contributed by atoms with E-state index in [1.807, 2.05) is 6.92 Å². The summed E-state index contributed by atoms with van der Waals surface area (Å²) in [5, 5.41) is 0. The summed E-state index contributed by atoms with van der Waals surface area (Å²) in [6.07, 6.45) is 8.16. The Morgan fingerprint density at radius 3 is 2.35 bits per heavy atom. The Bertz CT molecular complexity index is 457. The van der Waals surface area contributed by atoms with Crippen molar-refractivity contribution in [2.45, 2.75) is 58.8 Å². The number of hydrogen-bond donors (Lipinski definition) is 0. The molecule has 0 fully saturated rings. The van der Waals surface area contributed by atoms with Gasteiger partial charge in [0.2, 0.25) is 0 Å². The molecule has 0 unspecified atom stereocenters. The number of ether oxygens (including phenoxy) is 3. The molecule has 23 heavy (non-hydrogen) atoms. The summed E-state index contributed by atoms with van der Waals surface area (Å²) < 4.78 is 16.2. The SMILES string of the molecule is CCCCCCCCOc1ccc(C(=O)OCCC)cc1OC. The van der Waals surface area contributed by atoms with Gasteiger partial charge >= 0.3 is 5.97 Å². The van der Waals surface area contributed by atoms with E-state index in [1.54, 1.807) is 25.3 Å². The van der Waals surface area contributed by atoms with Crippen molar-refractivity contribution in [3.05, 3.63) is 23.8 Å². The Labute approximate surface area is 140 Å². The molecular formula is C19H30O4. The number of hydrogen-bond acceptors (Lipinski definition) is 4. The van der Waals surface area contributed by atoms with E-state index in [9.17, 15) is 4.79 Å². The zero-order valence-electron chi connectivity index (χ0n) is 14.7. The van der Waals surface area contributed by atoms with Crippen LogP contribution in [-0.4, -0.2) is 26.3 Å². The molecule has 0 bridgehead atoms. The zero-order chi connectivity index (χ0) is 16.9. The summed E-state index contributed by atoms with van der Waals surface area (Å²) in [6.45, 7) is 5.28. The third kappa shape index (κ3) is 7.40. The van der Waals surface area contributed by atoms with Crippen LogP contribution in [0.1, 0.15) is 69.2 Å². The van der Waals surface area contributed by atoms with Crippen LogP contribution in [0.5, 0.6) is 11.5 Å². The molecule has 0 saturated heterocycles. The zero-order valence-corrected chi connectivity index (χ0v) is 14.7. The number of rotatable bonds is 12. The van der Waals surface area contributed by atoms with E-state index in [4.69, 9.17) is 14.2 Å². The minimum Gasteiger partial charge on any atom is -0.493 e. The summed E-state index contributed by atoms with van der Waals surface area (Å²) in [7, 11) is 1.58. The fourth-order valence-electron chi connectivity index (χ4n) is 2.26. The molecule has 0 aliphatic rings. The lowest BCUT2D eigenvalue weighted by molar-refractivity contribution is 0.0504. The predicted octanol–water partition coefficient (Wildman–Crippen LogP) is 5.00. The monoisotopic (exact) mass is 322 g/mol. The van der Waals surface area contributed by atoms with E-state index in [0.29, 0.717) is 30.3 Å². The van der Waals surface area contributed by atoms with Crippen LogP contribution in [0.4, 0.5) is 0 Å². The molecule has 0 atom stereocenters. The van der Waals surface area contributed by atoms with Crippen molar-refractivity contribution in [3.8, 4) is 11.5 Å². The number of carbonyl (C=O) groups is 1. The summed E-state index contributed by atoms with van der Waals surface area (Å²) in [5.74, 6) is 0.919. The van der Waals surface area contributed by atoms with Crippen molar-refractivity contribution in [2.75, 3.05) is 20.3 Å². The summed E-state index contributed by atoms with van der Waals surface area (Å²) >= 11 is 0. The quantitative estimate of drug-likeness (QED) is 0.401. The second kappa shape index (κ2) is 11.8. The van der Waals surface area contributed by atoms with Gasteiger partial charge in [-0.25, -0.2) is 4.79 Å². The van der Waals surface area contributed by atoms with Crippen LogP contribution in [0.3, 0.4) is 0 Å². The molecule has 0 aliphatic carbocycles. The van der Waals surface area contributed by atoms with Gasteiger partial charge in [0, 0.05) is 0 Å². The second-order valence-electron chi connectivity index (χ2n) is 5.62. The van der Waals surface area contributed by atoms with Crippen molar-refractivity contribution >= 4 is 5.97 Å². The van der Waals surface area contributed by atoms with E-state index in [-0.39, 0.29) is 5.97 Å². The highest BCUT2D eigenvalue weighted by atomic mass is 16.5. The van der Waals surface area contributed by atoms with E-state index < -0.39 is 0 Å². The second-order valence-corrected chi connectivity index (χ2v) is 5.62. The molecule has 0 aliphatic heterocycles. The molecule has 0 spiro atoms. The molecule has 0 saturated carbocycles. The highest BCUT2D eigenvalue weighted by molar-refractivity contribution is 5.90. The first kappa shape index (κ1) is 19.3. The maximum atomic E-state index is 11.8. The Morgan fingerprint density at radius 2 is 1.65 bits per heavy atom. The first-order chi connectivity index (χ1) is 11.2. The van der Waals surface area contributed by atoms with Crippen LogP contribution < -0.4 is 9.47 Å². The van der Waals surface area contributed by atoms with Gasteiger partial charge in [0.05, 0.1) is 25.9 Å². The van der Waals surface area contributed by atoms with Gasteiger partial charge in [-0.1, -0.05) is 46.0 Å². The van der Waals surface area contributed by atoms with E-state index >= 15 is 0 Å². The fourth-order valence-corrected chi connectivity index (χ4v) is 2.26. The van der Waals surface area contributed by atoms with Crippen LogP contribution in [0.15, 0.2) is 18.2 Å². The van der Waals surface area contributed by atoms with Crippen molar-refractivity contribution in [2.24, 2.45) is 0 Å². The largest absolute Gasteiger partial charge is 0.493 e.